The zero-order valence-electron chi connectivity index (χ0n) is 14.2. The molecule has 0 radical (unpaired) electrons. The van der Waals surface area contributed by atoms with E-state index in [-0.39, 0.29) is 5.41 Å². The van der Waals surface area contributed by atoms with Crippen molar-refractivity contribution >= 4 is 0 Å². The monoisotopic (exact) mass is 279 g/mol. The number of hydrogen-bond acceptors (Lipinski definition) is 2. The highest BCUT2D eigenvalue weighted by atomic mass is 16.4. The number of aromatic nitrogens is 1. The van der Waals surface area contributed by atoms with Gasteiger partial charge in [-0.15, -0.1) is 0 Å². The largest absolute Gasteiger partial charge is 0.445 e. The smallest absolute Gasteiger partial charge is 0.200 e. The second-order valence-electron chi connectivity index (χ2n) is 6.49. The normalized spacial score (nSPS) is 14.4. The van der Waals surface area contributed by atoms with Crippen LogP contribution < -0.4 is 0 Å². The van der Waals surface area contributed by atoms with Gasteiger partial charge in [-0.3, -0.25) is 0 Å². The molecule has 0 saturated carbocycles. The average Bonchev–Trinajstić information content (AvgIpc) is 2.77. The first-order valence-electron chi connectivity index (χ1n) is 8.48. The molecule has 0 N–H and O–H groups in total. The fraction of sp³-hybridized carbons (Fsp3) is 0.833. The van der Waals surface area contributed by atoms with Gasteiger partial charge in [-0.1, -0.05) is 65.7 Å². The van der Waals surface area contributed by atoms with Crippen molar-refractivity contribution in [1.82, 2.24) is 4.98 Å². The van der Waals surface area contributed by atoms with E-state index in [2.05, 4.69) is 25.8 Å². The molecule has 1 aromatic rings. The van der Waals surface area contributed by atoms with Gasteiger partial charge in [0.05, 0.1) is 5.69 Å². The summed E-state index contributed by atoms with van der Waals surface area (Å²) >= 11 is 0. The quantitative estimate of drug-likeness (QED) is 0.484. The third kappa shape index (κ3) is 4.96. The minimum absolute atomic E-state index is 0.126. The lowest BCUT2D eigenvalue weighted by molar-refractivity contribution is 0.284. The lowest BCUT2D eigenvalue weighted by Gasteiger charge is -2.26. The molecule has 20 heavy (non-hydrogen) atoms. The minimum atomic E-state index is 0.126. The van der Waals surface area contributed by atoms with Crippen LogP contribution in [-0.2, 0) is 5.41 Å². The maximum atomic E-state index is 5.94. The van der Waals surface area contributed by atoms with Crippen molar-refractivity contribution in [2.75, 3.05) is 0 Å². The maximum absolute atomic E-state index is 5.94. The highest BCUT2D eigenvalue weighted by molar-refractivity contribution is 5.12. The van der Waals surface area contributed by atoms with Crippen LogP contribution in [0.3, 0.4) is 0 Å². The molecular formula is C18H33NO. The van der Waals surface area contributed by atoms with Crippen LogP contribution in [0.25, 0.3) is 0 Å². The summed E-state index contributed by atoms with van der Waals surface area (Å²) in [6, 6.07) is 0. The van der Waals surface area contributed by atoms with Gasteiger partial charge in [0.1, 0.15) is 5.76 Å². The summed E-state index contributed by atoms with van der Waals surface area (Å²) < 4.78 is 5.94. The van der Waals surface area contributed by atoms with Crippen molar-refractivity contribution in [2.24, 2.45) is 0 Å². The van der Waals surface area contributed by atoms with Gasteiger partial charge in [-0.25, -0.2) is 4.98 Å². The van der Waals surface area contributed by atoms with Crippen LogP contribution in [0.1, 0.15) is 95.9 Å². The number of unbranched alkanes of at least 4 members (excludes halogenated alkanes) is 5. The molecule has 0 aromatic carbocycles. The van der Waals surface area contributed by atoms with Crippen LogP contribution >= 0.6 is 0 Å². The zero-order valence-corrected chi connectivity index (χ0v) is 14.2. The van der Waals surface area contributed by atoms with E-state index in [1.165, 1.54) is 57.8 Å². The first kappa shape index (κ1) is 17.3. The Morgan fingerprint density at radius 1 is 0.900 bits per heavy atom. The van der Waals surface area contributed by atoms with E-state index in [1.807, 2.05) is 13.8 Å². The maximum Gasteiger partial charge on any atom is 0.200 e. The van der Waals surface area contributed by atoms with Gasteiger partial charge >= 0.3 is 0 Å². The van der Waals surface area contributed by atoms with Crippen molar-refractivity contribution < 1.29 is 4.42 Å². The van der Waals surface area contributed by atoms with Crippen LogP contribution in [0.15, 0.2) is 4.42 Å². The number of aryl methyl sites for hydroxylation is 2. The van der Waals surface area contributed by atoms with Crippen LogP contribution in [-0.4, -0.2) is 4.98 Å². The molecular weight excluding hydrogens is 246 g/mol. The molecule has 1 atom stereocenters. The summed E-state index contributed by atoms with van der Waals surface area (Å²) in [7, 11) is 0. The number of nitrogens with zero attached hydrogens (tertiary/aromatic N) is 1. The second-order valence-corrected chi connectivity index (χ2v) is 6.49. The summed E-state index contributed by atoms with van der Waals surface area (Å²) in [5, 5.41) is 0. The van der Waals surface area contributed by atoms with Crippen molar-refractivity contribution in [2.45, 2.75) is 97.8 Å². The van der Waals surface area contributed by atoms with E-state index in [1.54, 1.807) is 0 Å². The Morgan fingerprint density at radius 3 is 2.05 bits per heavy atom. The first-order chi connectivity index (χ1) is 9.53. The first-order valence-corrected chi connectivity index (χ1v) is 8.48. The number of rotatable bonds is 10. The Labute approximate surface area is 125 Å². The summed E-state index contributed by atoms with van der Waals surface area (Å²) in [5.74, 6) is 1.95. The summed E-state index contributed by atoms with van der Waals surface area (Å²) in [5.41, 5.74) is 1.18. The minimum Gasteiger partial charge on any atom is -0.445 e. The molecule has 0 aliphatic heterocycles. The molecule has 1 heterocycles. The standard InChI is InChI=1S/C18H33NO/c1-6-8-10-11-12-14-18(5,13-9-7-2)17-19-15(3)16(4)20-17/h6-14H2,1-5H3. The van der Waals surface area contributed by atoms with E-state index in [4.69, 9.17) is 4.42 Å². The van der Waals surface area contributed by atoms with E-state index in [9.17, 15) is 0 Å². The van der Waals surface area contributed by atoms with E-state index in [0.717, 1.165) is 17.3 Å². The van der Waals surface area contributed by atoms with Crippen molar-refractivity contribution in [3.8, 4) is 0 Å². The van der Waals surface area contributed by atoms with Gasteiger partial charge in [0, 0.05) is 5.41 Å². The average molecular weight is 279 g/mol. The van der Waals surface area contributed by atoms with Gasteiger partial charge < -0.3 is 4.42 Å². The molecule has 0 spiro atoms. The lowest BCUT2D eigenvalue weighted by Crippen LogP contribution is -2.22. The third-order valence-corrected chi connectivity index (χ3v) is 4.46. The Hall–Kier alpha value is -0.790. The van der Waals surface area contributed by atoms with Gasteiger partial charge in [0.2, 0.25) is 5.89 Å². The predicted octanol–water partition coefficient (Wildman–Crippen LogP) is 6.10. The van der Waals surface area contributed by atoms with E-state index < -0.39 is 0 Å². The van der Waals surface area contributed by atoms with Crippen LogP contribution in [0.2, 0.25) is 0 Å². The molecule has 0 saturated heterocycles. The molecule has 1 unspecified atom stereocenters. The summed E-state index contributed by atoms with van der Waals surface area (Å²) in [6.07, 6.45) is 11.6. The van der Waals surface area contributed by atoms with Crippen molar-refractivity contribution in [3.05, 3.63) is 17.3 Å². The van der Waals surface area contributed by atoms with E-state index in [0.29, 0.717) is 0 Å². The summed E-state index contributed by atoms with van der Waals surface area (Å²) in [6.45, 7) is 10.9. The van der Waals surface area contributed by atoms with Crippen LogP contribution in [0.5, 0.6) is 0 Å². The fourth-order valence-corrected chi connectivity index (χ4v) is 2.76. The van der Waals surface area contributed by atoms with Crippen LogP contribution in [0.4, 0.5) is 0 Å². The topological polar surface area (TPSA) is 26.0 Å². The second kappa shape index (κ2) is 8.49. The molecule has 0 amide bonds. The third-order valence-electron chi connectivity index (χ3n) is 4.46. The number of oxazole rings is 1. The predicted molar refractivity (Wildman–Crippen MR) is 86.2 cm³/mol. The molecule has 0 aliphatic carbocycles. The Bertz CT molecular complexity index is 363. The highest BCUT2D eigenvalue weighted by Crippen LogP contribution is 2.35. The Balaban J connectivity index is 2.65. The van der Waals surface area contributed by atoms with Crippen molar-refractivity contribution in [3.63, 3.8) is 0 Å². The highest BCUT2D eigenvalue weighted by Gasteiger charge is 2.31. The van der Waals surface area contributed by atoms with Crippen LogP contribution in [0, 0.1) is 13.8 Å². The molecule has 2 nitrogen and oxygen atoms in total. The number of hydrogen-bond donors (Lipinski definition) is 0. The SMILES string of the molecule is CCCCCCCC(C)(CCCC)c1nc(C)c(C)o1. The van der Waals surface area contributed by atoms with E-state index >= 15 is 0 Å². The fourth-order valence-electron chi connectivity index (χ4n) is 2.76. The van der Waals surface area contributed by atoms with Gasteiger partial charge in [0.25, 0.3) is 0 Å². The lowest BCUT2D eigenvalue weighted by atomic mass is 9.79. The molecule has 1 rings (SSSR count). The van der Waals surface area contributed by atoms with Gasteiger partial charge in [-0.05, 0) is 26.7 Å². The molecule has 0 aliphatic rings. The zero-order chi connectivity index (χ0) is 15.0. The van der Waals surface area contributed by atoms with Gasteiger partial charge in [-0.2, -0.15) is 0 Å². The molecule has 116 valence electrons. The molecule has 0 bridgehead atoms. The Morgan fingerprint density at radius 2 is 1.50 bits per heavy atom. The van der Waals surface area contributed by atoms with Crippen molar-refractivity contribution in [1.29, 1.82) is 0 Å². The molecule has 0 fully saturated rings. The molecule has 1 aromatic heterocycles. The molecule has 2 heteroatoms. The van der Waals surface area contributed by atoms with Gasteiger partial charge in [0.15, 0.2) is 0 Å². The Kier molecular flexibility index (Phi) is 7.32. The summed E-state index contributed by atoms with van der Waals surface area (Å²) in [4.78, 5) is 4.68.